The number of hydrogen-bond acceptors (Lipinski definition) is 13. The number of nitrogens with zero attached hydrogens (tertiary/aromatic N) is 1. The third-order valence-electron chi connectivity index (χ3n) is 15.2. The Hall–Kier alpha value is -11.2. The Morgan fingerprint density at radius 1 is 0.404 bits per heavy atom. The fraction of sp³-hybridized carbons (Fsp3) is 0.111. The predicted molar refractivity (Wildman–Crippen MR) is 375 cm³/mol. The third kappa shape index (κ3) is 17.0. The molecule has 1 fully saturated rings. The summed E-state index contributed by atoms with van der Waals surface area (Å²) < 4.78 is 30.1. The van der Waals surface area contributed by atoms with Crippen LogP contribution in [-0.2, 0) is 4.74 Å². The fourth-order valence-electron chi connectivity index (χ4n) is 10.2. The molecule has 13 heteroatoms. The molecule has 3 heterocycles. The van der Waals surface area contributed by atoms with Crippen LogP contribution in [0.2, 0.25) is 0 Å². The number of rotatable bonds is 14. The molecule has 13 aromatic rings. The molecule has 1 aliphatic rings. The van der Waals surface area contributed by atoms with Gasteiger partial charge in [-0.05, 0) is 148 Å². The van der Waals surface area contributed by atoms with E-state index in [0.717, 1.165) is 50.3 Å². The minimum absolute atomic E-state index is 0.0200. The highest BCUT2D eigenvalue weighted by atomic mass is 32.1. The lowest BCUT2D eigenvalue weighted by Gasteiger charge is -2.39. The predicted octanol–water partition coefficient (Wildman–Crippen LogP) is 18.0. The number of morpholine rings is 1. The van der Waals surface area contributed by atoms with Crippen LogP contribution >= 0.6 is 11.3 Å². The number of hydrogen-bond donors (Lipinski definition) is 0. The molecule has 0 amide bonds. The first-order valence-electron chi connectivity index (χ1n) is 30.7. The minimum atomic E-state index is -0.466. The van der Waals surface area contributed by atoms with Crippen molar-refractivity contribution in [3.8, 4) is 28.7 Å². The molecule has 0 radical (unpaired) electrons. The van der Waals surface area contributed by atoms with E-state index in [0.29, 0.717) is 81.3 Å². The van der Waals surface area contributed by atoms with Crippen molar-refractivity contribution in [1.82, 2.24) is 4.90 Å². The van der Waals surface area contributed by atoms with Gasteiger partial charge in [0, 0.05) is 61.1 Å². The monoisotopic (exact) mass is 1260 g/mol. The zero-order valence-electron chi connectivity index (χ0n) is 52.1. The summed E-state index contributed by atoms with van der Waals surface area (Å²) in [6, 6.07) is 88.1. The van der Waals surface area contributed by atoms with Crippen LogP contribution < -0.4 is 25.1 Å². The van der Waals surface area contributed by atoms with E-state index in [1.807, 2.05) is 191 Å². The molecule has 2 aromatic heterocycles. The summed E-state index contributed by atoms with van der Waals surface area (Å²) in [5.74, 6) is 2.79. The second kappa shape index (κ2) is 32.2. The topological polar surface area (TPSA) is 156 Å². The van der Waals surface area contributed by atoms with Gasteiger partial charge in [0.1, 0.15) is 39.9 Å². The first kappa shape index (κ1) is 65.7. The zero-order valence-corrected chi connectivity index (χ0v) is 52.9. The Labute approximate surface area is 548 Å². The quantitative estimate of drug-likeness (QED) is 0.0578. The summed E-state index contributed by atoms with van der Waals surface area (Å²) in [6.07, 6.45) is 0. The maximum Gasteiger partial charge on any atom is 0.233 e. The molecule has 0 aliphatic carbocycles. The lowest BCUT2D eigenvalue weighted by atomic mass is 9.91. The summed E-state index contributed by atoms with van der Waals surface area (Å²) in [7, 11) is 0. The summed E-state index contributed by atoms with van der Waals surface area (Å²) >= 11 is 1.67. The highest BCUT2D eigenvalue weighted by molar-refractivity contribution is 7.24. The van der Waals surface area contributed by atoms with Crippen LogP contribution in [0.15, 0.2) is 305 Å². The van der Waals surface area contributed by atoms with Gasteiger partial charge in [0.2, 0.25) is 17.0 Å². The van der Waals surface area contributed by atoms with E-state index in [4.69, 9.17) is 23.4 Å². The molecule has 0 bridgehead atoms. The Morgan fingerprint density at radius 2 is 0.777 bits per heavy atom. The number of ketones is 4. The van der Waals surface area contributed by atoms with Crippen molar-refractivity contribution in [1.29, 1.82) is 0 Å². The van der Waals surface area contributed by atoms with Gasteiger partial charge >= 0.3 is 0 Å². The van der Waals surface area contributed by atoms with E-state index in [-0.39, 0.29) is 22.4 Å². The van der Waals surface area contributed by atoms with Gasteiger partial charge in [-0.1, -0.05) is 164 Å². The van der Waals surface area contributed by atoms with E-state index >= 15 is 0 Å². The summed E-state index contributed by atoms with van der Waals surface area (Å²) in [6.45, 7) is 9.55. The molecule has 14 rings (SSSR count). The maximum atomic E-state index is 12.7. The lowest BCUT2D eigenvalue weighted by Crippen LogP contribution is -2.54. The van der Waals surface area contributed by atoms with Crippen LogP contribution in [0, 0.1) is 0 Å². The SMILES string of the molecule is CC(C)(C(=O)c1ccccc1)N1CCOCC1.CCOc1ccc2oc3ccccc3c(=O)c2c1.O=C(C(=O)c1ccccc1)c1ccccc1.O=C(c1ccc(Oc2ccccc2)cc1)c1ccc(Oc2ccccc2)cc1.O=c1c2ccccc2sc2ccccc12. The number of fused-ring (bicyclic) bond motifs is 4. The molecule has 0 unspecified atom stereocenters. The van der Waals surface area contributed by atoms with Gasteiger partial charge in [0.05, 0.1) is 36.1 Å². The van der Waals surface area contributed by atoms with Crippen LogP contribution in [-0.4, -0.2) is 66.5 Å². The second-order valence-corrected chi connectivity index (χ2v) is 23.0. The number of para-hydroxylation sites is 3. The van der Waals surface area contributed by atoms with E-state index in [2.05, 4.69) is 4.90 Å². The Morgan fingerprint density at radius 3 is 1.24 bits per heavy atom. The summed E-state index contributed by atoms with van der Waals surface area (Å²) in [5, 5.41) is 2.79. The number of benzene rings is 11. The fourth-order valence-corrected chi connectivity index (χ4v) is 11.3. The molecule has 0 spiro atoms. The molecule has 94 heavy (non-hydrogen) atoms. The van der Waals surface area contributed by atoms with Crippen LogP contribution in [0.25, 0.3) is 42.1 Å². The van der Waals surface area contributed by atoms with Gasteiger partial charge in [0.25, 0.3) is 0 Å². The van der Waals surface area contributed by atoms with Crippen LogP contribution in [0.1, 0.15) is 67.8 Å². The second-order valence-electron chi connectivity index (χ2n) is 21.9. The number of ether oxygens (including phenoxy) is 4. The average Bonchev–Trinajstić information content (AvgIpc) is 0.804. The zero-order chi connectivity index (χ0) is 65.7. The molecule has 12 nitrogen and oxygen atoms in total. The highest BCUT2D eigenvalue weighted by Gasteiger charge is 2.35. The van der Waals surface area contributed by atoms with Crippen molar-refractivity contribution in [3.63, 3.8) is 0 Å². The Kier molecular flexibility index (Phi) is 22.5. The standard InChI is InChI=1S/C25H18O3.C15H12O3.C14H19NO2.C14H10O2.C13H8OS/c26-25(19-11-15-23(16-12-19)27-21-7-3-1-4-8-21)20-13-17-24(18-14-20)28-22-9-5-2-6-10-22;1-2-17-10-7-8-14-12(9-10)15(16)11-5-3-4-6-13(11)18-14;1-14(2,15-8-10-17-11-9-15)13(16)12-6-4-3-5-7-12;15-13(11-7-3-1-4-8-11)14(16)12-9-5-2-6-10-12;14-13-9-5-1-3-7-11(9)15-12-8-4-2-6-10(12)13/h1-18H;3-9H,2H2,1H3;3-7H,8-11H2,1-2H3;1-10H;1-8H. The molecule has 0 N–H and O–H groups in total. The molecule has 1 aliphatic heterocycles. The van der Waals surface area contributed by atoms with Crippen molar-refractivity contribution >= 4 is 76.6 Å². The van der Waals surface area contributed by atoms with E-state index < -0.39 is 17.1 Å². The van der Waals surface area contributed by atoms with Gasteiger partial charge in [-0.15, -0.1) is 11.3 Å². The molecular weight excluding hydrogens is 1190 g/mol. The van der Waals surface area contributed by atoms with Crippen LogP contribution in [0.5, 0.6) is 28.7 Å². The molecule has 1 saturated heterocycles. The summed E-state index contributed by atoms with van der Waals surface area (Å²) in [5.41, 5.74) is 3.71. The van der Waals surface area contributed by atoms with Crippen molar-refractivity contribution < 1.29 is 42.5 Å². The third-order valence-corrected chi connectivity index (χ3v) is 16.4. The van der Waals surface area contributed by atoms with Gasteiger partial charge in [0.15, 0.2) is 17.0 Å². The van der Waals surface area contributed by atoms with Crippen molar-refractivity contribution in [3.05, 3.63) is 339 Å². The van der Waals surface area contributed by atoms with Gasteiger partial charge in [-0.25, -0.2) is 0 Å². The van der Waals surface area contributed by atoms with Crippen molar-refractivity contribution in [2.75, 3.05) is 32.9 Å². The largest absolute Gasteiger partial charge is 0.494 e. The van der Waals surface area contributed by atoms with Crippen LogP contribution in [0.4, 0.5) is 0 Å². The molecule has 0 saturated carbocycles. The molecule has 468 valence electrons. The highest BCUT2D eigenvalue weighted by Crippen LogP contribution is 2.28. The molecule has 11 aromatic carbocycles. The van der Waals surface area contributed by atoms with E-state index in [1.54, 1.807) is 133 Å². The Balaban J connectivity index is 0.000000131. The molecular formula is C81H67NO11S. The van der Waals surface area contributed by atoms with Gasteiger partial charge in [-0.3, -0.25) is 33.7 Å². The number of carbonyl (C=O) groups is 4. The van der Waals surface area contributed by atoms with Crippen LogP contribution in [0.3, 0.4) is 0 Å². The molecule has 0 atom stereocenters. The normalized spacial score (nSPS) is 11.8. The first-order chi connectivity index (χ1) is 45.8. The van der Waals surface area contributed by atoms with E-state index in [9.17, 15) is 28.8 Å². The Bertz CT molecular complexity index is 4590. The van der Waals surface area contributed by atoms with E-state index in [1.165, 1.54) is 0 Å². The average molecular weight is 1260 g/mol. The minimum Gasteiger partial charge on any atom is -0.494 e. The number of Topliss-reactive ketones (excluding diaryl/α,β-unsaturated/α-hetero) is 3. The number of carbonyl (C=O) groups excluding carboxylic acids is 4. The smallest absolute Gasteiger partial charge is 0.233 e. The van der Waals surface area contributed by atoms with Crippen molar-refractivity contribution in [2.45, 2.75) is 26.3 Å². The van der Waals surface area contributed by atoms with Gasteiger partial charge in [-0.2, -0.15) is 0 Å². The first-order valence-corrected chi connectivity index (χ1v) is 31.5. The van der Waals surface area contributed by atoms with Crippen molar-refractivity contribution in [2.24, 2.45) is 0 Å². The summed E-state index contributed by atoms with van der Waals surface area (Å²) in [4.78, 5) is 75.4. The lowest BCUT2D eigenvalue weighted by molar-refractivity contribution is -0.00430. The maximum absolute atomic E-state index is 12.7. The van der Waals surface area contributed by atoms with Gasteiger partial charge < -0.3 is 23.4 Å².